The first-order valence-corrected chi connectivity index (χ1v) is 10.9. The van der Waals surface area contributed by atoms with Crippen molar-refractivity contribution in [1.29, 1.82) is 0 Å². The molecule has 0 radical (unpaired) electrons. The van der Waals surface area contributed by atoms with E-state index in [4.69, 9.17) is 4.42 Å². The van der Waals surface area contributed by atoms with E-state index in [-0.39, 0.29) is 29.9 Å². The smallest absolute Gasteiger partial charge is 0.343 e. The molecule has 7 heteroatoms. The lowest BCUT2D eigenvalue weighted by Gasteiger charge is -2.22. The summed E-state index contributed by atoms with van der Waals surface area (Å²) in [6.07, 6.45) is -0.830. The molecule has 4 rings (SSSR count). The van der Waals surface area contributed by atoms with Gasteiger partial charge in [0, 0.05) is 12.5 Å². The molecule has 0 saturated heterocycles. The number of aliphatic hydroxyl groups excluding tert-OH is 1. The number of para-hydroxylation sites is 1. The molecule has 1 aromatic heterocycles. The van der Waals surface area contributed by atoms with Gasteiger partial charge < -0.3 is 19.9 Å². The van der Waals surface area contributed by atoms with Crippen molar-refractivity contribution < 1.29 is 23.8 Å². The van der Waals surface area contributed by atoms with Gasteiger partial charge in [-0.3, -0.25) is 4.79 Å². The zero-order valence-electron chi connectivity index (χ0n) is 18.3. The Bertz CT molecular complexity index is 1330. The number of carbonyl (C=O) groups is 1. The molecular weight excluding hydrogens is 437 g/mol. The van der Waals surface area contributed by atoms with E-state index in [2.05, 4.69) is 5.32 Å². The quantitative estimate of drug-likeness (QED) is 0.339. The first-order valence-electron chi connectivity index (χ1n) is 10.9. The molecule has 1 amide bonds. The van der Waals surface area contributed by atoms with Crippen LogP contribution >= 0.6 is 0 Å². The summed E-state index contributed by atoms with van der Waals surface area (Å²) in [5, 5.41) is 24.9. The maximum Gasteiger partial charge on any atom is 0.343 e. The molecule has 1 heterocycles. The van der Waals surface area contributed by atoms with E-state index in [1.807, 2.05) is 30.3 Å². The number of aliphatic hydroxyl groups is 1. The number of amides is 1. The fourth-order valence-corrected chi connectivity index (χ4v) is 4.03. The van der Waals surface area contributed by atoms with Crippen LogP contribution in [0.4, 0.5) is 4.39 Å². The standard InChI is InChI=1S/C27H24FNO5/c28-15-24(31)29-16-17-10-12-19(13-11-17)22(30)14-21(18-6-2-1-3-7-18)25-26(32)20-8-4-5-9-23(20)34-27(25)33/h1-13,21-22,30,32H,14-16H2,(H,29,31). The van der Waals surface area contributed by atoms with Crippen molar-refractivity contribution in [2.24, 2.45) is 0 Å². The number of rotatable bonds is 8. The summed E-state index contributed by atoms with van der Waals surface area (Å²) in [5.41, 5.74) is 1.84. The van der Waals surface area contributed by atoms with Gasteiger partial charge in [0.25, 0.3) is 5.91 Å². The number of hydrogen-bond acceptors (Lipinski definition) is 5. The largest absolute Gasteiger partial charge is 0.507 e. The molecule has 0 aliphatic heterocycles. The first-order chi connectivity index (χ1) is 16.5. The van der Waals surface area contributed by atoms with Crippen molar-refractivity contribution in [1.82, 2.24) is 5.32 Å². The van der Waals surface area contributed by atoms with Crippen molar-refractivity contribution in [3.63, 3.8) is 0 Å². The van der Waals surface area contributed by atoms with Crippen molar-refractivity contribution >= 4 is 16.9 Å². The molecule has 0 fully saturated rings. The van der Waals surface area contributed by atoms with E-state index in [0.717, 1.165) is 11.1 Å². The lowest BCUT2D eigenvalue weighted by molar-refractivity contribution is -0.122. The lowest BCUT2D eigenvalue weighted by Crippen LogP contribution is -2.23. The van der Waals surface area contributed by atoms with Crippen LogP contribution < -0.4 is 10.9 Å². The summed E-state index contributed by atoms with van der Waals surface area (Å²) in [7, 11) is 0. The van der Waals surface area contributed by atoms with Crippen LogP contribution in [0.5, 0.6) is 5.75 Å². The fraction of sp³-hybridized carbons (Fsp3) is 0.185. The van der Waals surface area contributed by atoms with Crippen LogP contribution in [0.15, 0.2) is 88.1 Å². The predicted molar refractivity (Wildman–Crippen MR) is 126 cm³/mol. The Kier molecular flexibility index (Phi) is 7.04. The number of fused-ring (bicyclic) bond motifs is 1. The third-order valence-electron chi connectivity index (χ3n) is 5.80. The molecule has 3 aromatic carbocycles. The molecule has 34 heavy (non-hydrogen) atoms. The van der Waals surface area contributed by atoms with Crippen molar-refractivity contribution in [2.45, 2.75) is 25.0 Å². The normalized spacial score (nSPS) is 12.9. The molecular formula is C27H24FNO5. The van der Waals surface area contributed by atoms with Gasteiger partial charge in [0.1, 0.15) is 11.3 Å². The Morgan fingerprint density at radius 2 is 1.62 bits per heavy atom. The monoisotopic (exact) mass is 461 g/mol. The Hall–Kier alpha value is -3.97. The Labute approximate surface area is 195 Å². The summed E-state index contributed by atoms with van der Waals surface area (Å²) in [6.45, 7) is -0.898. The molecule has 6 nitrogen and oxygen atoms in total. The molecule has 0 spiro atoms. The number of hydrogen-bond donors (Lipinski definition) is 3. The minimum atomic E-state index is -1.08. The second kappa shape index (κ2) is 10.3. The van der Waals surface area contributed by atoms with Crippen LogP contribution in [-0.4, -0.2) is 22.8 Å². The second-order valence-electron chi connectivity index (χ2n) is 8.01. The third kappa shape index (κ3) is 5.00. The topological polar surface area (TPSA) is 99.8 Å². The second-order valence-corrected chi connectivity index (χ2v) is 8.01. The minimum absolute atomic E-state index is 0.0921. The van der Waals surface area contributed by atoms with Gasteiger partial charge in [-0.15, -0.1) is 0 Å². The minimum Gasteiger partial charge on any atom is -0.507 e. The van der Waals surface area contributed by atoms with E-state index in [1.165, 1.54) is 0 Å². The predicted octanol–water partition coefficient (Wildman–Crippen LogP) is 4.34. The highest BCUT2D eigenvalue weighted by atomic mass is 19.1. The summed E-state index contributed by atoms with van der Waals surface area (Å²) in [5.74, 6) is -1.48. The number of benzene rings is 3. The van der Waals surface area contributed by atoms with Crippen LogP contribution in [-0.2, 0) is 11.3 Å². The number of halogens is 1. The molecule has 2 unspecified atom stereocenters. The summed E-state index contributed by atoms with van der Waals surface area (Å²) in [4.78, 5) is 24.0. The van der Waals surface area contributed by atoms with Gasteiger partial charge in [-0.2, -0.15) is 0 Å². The Balaban J connectivity index is 1.66. The number of aromatic hydroxyl groups is 1. The van der Waals surface area contributed by atoms with E-state index >= 15 is 0 Å². The van der Waals surface area contributed by atoms with Crippen LogP contribution in [0.2, 0.25) is 0 Å². The molecule has 0 saturated carbocycles. The van der Waals surface area contributed by atoms with Gasteiger partial charge in [0.2, 0.25) is 0 Å². The number of alkyl halides is 1. The van der Waals surface area contributed by atoms with Crippen LogP contribution in [0.3, 0.4) is 0 Å². The molecule has 0 aliphatic rings. The molecule has 0 aliphatic carbocycles. The van der Waals surface area contributed by atoms with Crippen molar-refractivity contribution in [3.05, 3.63) is 112 Å². The van der Waals surface area contributed by atoms with E-state index in [9.17, 15) is 24.2 Å². The summed E-state index contributed by atoms with van der Waals surface area (Å²) in [6, 6.07) is 22.8. The van der Waals surface area contributed by atoms with Gasteiger partial charge in [-0.25, -0.2) is 9.18 Å². The number of nitrogens with one attached hydrogen (secondary N) is 1. The van der Waals surface area contributed by atoms with Gasteiger partial charge in [-0.1, -0.05) is 66.7 Å². The maximum atomic E-state index is 12.9. The van der Waals surface area contributed by atoms with Gasteiger partial charge in [0.15, 0.2) is 6.67 Å². The summed E-state index contributed by atoms with van der Waals surface area (Å²) >= 11 is 0. The zero-order valence-corrected chi connectivity index (χ0v) is 18.3. The maximum absolute atomic E-state index is 12.9. The van der Waals surface area contributed by atoms with Gasteiger partial charge in [-0.05, 0) is 35.2 Å². The summed E-state index contributed by atoms with van der Waals surface area (Å²) < 4.78 is 17.8. The van der Waals surface area contributed by atoms with Crippen LogP contribution in [0.25, 0.3) is 11.0 Å². The van der Waals surface area contributed by atoms with Gasteiger partial charge >= 0.3 is 5.63 Å². The average Bonchev–Trinajstić information content (AvgIpc) is 2.87. The SMILES string of the molecule is O=C(CF)NCc1ccc(C(O)CC(c2ccccc2)c2c(O)c3ccccc3oc2=O)cc1. The first kappa shape index (κ1) is 23.2. The van der Waals surface area contributed by atoms with Crippen LogP contribution in [0, 0.1) is 0 Å². The highest BCUT2D eigenvalue weighted by molar-refractivity contribution is 5.84. The molecule has 174 valence electrons. The van der Waals surface area contributed by atoms with E-state index in [0.29, 0.717) is 10.9 Å². The van der Waals surface area contributed by atoms with E-state index in [1.54, 1.807) is 48.5 Å². The highest BCUT2D eigenvalue weighted by Gasteiger charge is 2.27. The van der Waals surface area contributed by atoms with Crippen molar-refractivity contribution in [2.75, 3.05) is 6.67 Å². The highest BCUT2D eigenvalue weighted by Crippen LogP contribution is 2.39. The Morgan fingerprint density at radius 1 is 0.941 bits per heavy atom. The third-order valence-corrected chi connectivity index (χ3v) is 5.80. The Morgan fingerprint density at radius 3 is 2.32 bits per heavy atom. The van der Waals surface area contributed by atoms with Crippen LogP contribution in [0.1, 0.15) is 40.7 Å². The average molecular weight is 461 g/mol. The van der Waals surface area contributed by atoms with Gasteiger partial charge in [0.05, 0.1) is 17.1 Å². The molecule has 2 atom stereocenters. The van der Waals surface area contributed by atoms with Crippen molar-refractivity contribution in [3.8, 4) is 5.75 Å². The van der Waals surface area contributed by atoms with E-state index < -0.39 is 30.2 Å². The zero-order chi connectivity index (χ0) is 24.1. The molecule has 3 N–H and O–H groups in total. The molecule has 0 bridgehead atoms. The number of carbonyl (C=O) groups excluding carboxylic acids is 1. The molecule has 4 aromatic rings. The fourth-order valence-electron chi connectivity index (χ4n) is 4.03. The lowest BCUT2D eigenvalue weighted by atomic mass is 9.85.